The van der Waals surface area contributed by atoms with Crippen molar-refractivity contribution < 1.29 is 27.4 Å². The number of fused-ring (bicyclic) bond motifs is 2. The van der Waals surface area contributed by atoms with E-state index in [9.17, 15) is 18.0 Å². The first-order chi connectivity index (χ1) is 21.7. The maximum atomic E-state index is 14.4. The highest BCUT2D eigenvalue weighted by Gasteiger charge is 2.41. The summed E-state index contributed by atoms with van der Waals surface area (Å²) in [6, 6.07) is 14.9. The Kier molecular flexibility index (Phi) is 9.61. The number of nitrogens with one attached hydrogen (secondary N) is 2. The minimum Gasteiger partial charge on any atom is -0.493 e. The third-order valence-corrected chi connectivity index (χ3v) is 9.26. The Morgan fingerprint density at radius 1 is 0.978 bits per heavy atom. The van der Waals surface area contributed by atoms with Crippen LogP contribution < -0.4 is 20.1 Å². The van der Waals surface area contributed by atoms with E-state index >= 15 is 0 Å². The fraction of sp³-hybridized carbons (Fsp3) is 0.382. The van der Waals surface area contributed by atoms with E-state index in [1.807, 2.05) is 41.3 Å². The van der Waals surface area contributed by atoms with Crippen molar-refractivity contribution in [1.82, 2.24) is 15.5 Å². The molecule has 2 N–H and O–H groups in total. The molecule has 2 fully saturated rings. The van der Waals surface area contributed by atoms with Crippen LogP contribution in [-0.4, -0.2) is 55.2 Å². The highest BCUT2D eigenvalue weighted by molar-refractivity contribution is 6.42. The lowest BCUT2D eigenvalue weighted by Gasteiger charge is -2.41. The minimum atomic E-state index is -1.35. The minimum absolute atomic E-state index is 0.00325. The van der Waals surface area contributed by atoms with Crippen LogP contribution in [0.15, 0.2) is 60.2 Å². The van der Waals surface area contributed by atoms with Crippen molar-refractivity contribution in [3.63, 3.8) is 0 Å². The standard InChI is InChI=1S/C34H34Cl2F3N3O3/c1-19(18-45-33-28(38)12-11-27(37)32(33)39)17-44-24-9-5-20(6-10-24)25-13-22-14-40-15-29(41-22)30(25)34(43)42(23-7-8-23)16-21-3-2-4-26(35)31(21)36/h2-6,9-12,19,22-23,29,40-41H,7-8,13-18H2,1H3/t19-,22+,29?/m0/s1. The molecule has 2 bridgehead atoms. The Labute approximate surface area is 270 Å². The summed E-state index contributed by atoms with van der Waals surface area (Å²) in [7, 11) is 0. The Balaban J connectivity index is 1.17. The number of amides is 1. The summed E-state index contributed by atoms with van der Waals surface area (Å²) in [6.07, 6.45) is 2.60. The van der Waals surface area contributed by atoms with Gasteiger partial charge in [-0.15, -0.1) is 0 Å². The average molecular weight is 661 g/mol. The summed E-state index contributed by atoms with van der Waals surface area (Å²) in [6.45, 7) is 3.81. The van der Waals surface area contributed by atoms with Crippen LogP contribution in [0, 0.1) is 23.4 Å². The van der Waals surface area contributed by atoms with Crippen LogP contribution in [-0.2, 0) is 11.3 Å². The molecule has 238 valence electrons. The van der Waals surface area contributed by atoms with Gasteiger partial charge in [0, 0.05) is 43.2 Å². The first kappa shape index (κ1) is 31.7. The lowest BCUT2D eigenvalue weighted by molar-refractivity contribution is -0.128. The van der Waals surface area contributed by atoms with Crippen molar-refractivity contribution in [1.29, 1.82) is 0 Å². The zero-order valence-corrected chi connectivity index (χ0v) is 26.2. The molecule has 1 amide bonds. The molecule has 11 heteroatoms. The zero-order chi connectivity index (χ0) is 31.7. The summed E-state index contributed by atoms with van der Waals surface area (Å²) in [5.41, 5.74) is 3.56. The van der Waals surface area contributed by atoms with Crippen molar-refractivity contribution in [3.8, 4) is 11.5 Å². The molecule has 45 heavy (non-hydrogen) atoms. The summed E-state index contributed by atoms with van der Waals surface area (Å²) in [5.74, 6) is -3.85. The van der Waals surface area contributed by atoms with Gasteiger partial charge >= 0.3 is 0 Å². The largest absolute Gasteiger partial charge is 0.493 e. The Bertz CT molecular complexity index is 1600. The first-order valence-corrected chi connectivity index (χ1v) is 15.9. The zero-order valence-electron chi connectivity index (χ0n) is 24.7. The second-order valence-electron chi connectivity index (χ2n) is 12.0. The summed E-state index contributed by atoms with van der Waals surface area (Å²) in [5, 5.41) is 8.04. The predicted octanol–water partition coefficient (Wildman–Crippen LogP) is 6.78. The molecule has 3 aromatic rings. The van der Waals surface area contributed by atoms with Crippen LogP contribution in [0.25, 0.3) is 5.57 Å². The number of piperazine rings is 1. The van der Waals surface area contributed by atoms with Crippen LogP contribution in [0.5, 0.6) is 11.5 Å². The SMILES string of the molecule is C[C@@H](COc1ccc(C2=C(C(=O)N(Cc3cccc(Cl)c3Cl)C3CC3)C3CNC[C@@H](C2)N3)cc1)COc1c(F)ccc(F)c1F. The third-order valence-electron chi connectivity index (χ3n) is 8.40. The monoisotopic (exact) mass is 659 g/mol. The number of hydrogen-bond acceptors (Lipinski definition) is 5. The fourth-order valence-corrected chi connectivity index (χ4v) is 6.29. The van der Waals surface area contributed by atoms with E-state index in [0.29, 0.717) is 35.3 Å². The lowest BCUT2D eigenvalue weighted by atomic mass is 9.83. The van der Waals surface area contributed by atoms with Gasteiger partial charge in [-0.3, -0.25) is 4.79 Å². The number of carbonyl (C=O) groups is 1. The van der Waals surface area contributed by atoms with Crippen molar-refractivity contribution >= 4 is 34.7 Å². The van der Waals surface area contributed by atoms with Crippen molar-refractivity contribution in [2.75, 3.05) is 26.3 Å². The van der Waals surface area contributed by atoms with E-state index in [4.69, 9.17) is 32.7 Å². The van der Waals surface area contributed by atoms with E-state index in [1.165, 1.54) is 0 Å². The second-order valence-corrected chi connectivity index (χ2v) is 12.8. The van der Waals surface area contributed by atoms with Crippen molar-refractivity contribution in [2.24, 2.45) is 5.92 Å². The number of rotatable bonds is 11. The summed E-state index contributed by atoms with van der Waals surface area (Å²) < 4.78 is 52.4. The molecule has 3 aliphatic rings. The van der Waals surface area contributed by atoms with Gasteiger partial charge in [0.05, 0.1) is 29.3 Å². The quantitative estimate of drug-likeness (QED) is 0.222. The van der Waals surface area contributed by atoms with Crippen LogP contribution in [0.1, 0.15) is 37.3 Å². The topological polar surface area (TPSA) is 62.8 Å². The first-order valence-electron chi connectivity index (χ1n) is 15.1. The third kappa shape index (κ3) is 7.12. The van der Waals surface area contributed by atoms with E-state index in [1.54, 1.807) is 13.0 Å². The number of hydrogen-bond donors (Lipinski definition) is 2. The average Bonchev–Trinajstić information content (AvgIpc) is 3.88. The molecule has 2 heterocycles. The van der Waals surface area contributed by atoms with E-state index in [-0.39, 0.29) is 43.2 Å². The molecule has 1 saturated carbocycles. The molecule has 1 aliphatic carbocycles. The highest BCUT2D eigenvalue weighted by Crippen LogP contribution is 2.38. The Morgan fingerprint density at radius 2 is 1.71 bits per heavy atom. The van der Waals surface area contributed by atoms with Gasteiger partial charge in [-0.05, 0) is 66.3 Å². The predicted molar refractivity (Wildman–Crippen MR) is 168 cm³/mol. The van der Waals surface area contributed by atoms with Gasteiger partial charge in [0.25, 0.3) is 5.91 Å². The molecule has 3 atom stereocenters. The number of carbonyl (C=O) groups excluding carboxylic acids is 1. The molecular formula is C34H34Cl2F3N3O3. The van der Waals surface area contributed by atoms with Crippen LogP contribution in [0.4, 0.5) is 13.2 Å². The maximum absolute atomic E-state index is 14.4. The van der Waals surface area contributed by atoms with Crippen LogP contribution >= 0.6 is 23.2 Å². The number of nitrogens with zero attached hydrogens (tertiary/aromatic N) is 1. The smallest absolute Gasteiger partial charge is 0.252 e. The van der Waals surface area contributed by atoms with Crippen LogP contribution in [0.3, 0.4) is 0 Å². The molecule has 1 saturated heterocycles. The van der Waals surface area contributed by atoms with Gasteiger partial charge in [-0.2, -0.15) is 4.39 Å². The molecule has 0 radical (unpaired) electrons. The fourth-order valence-electron chi connectivity index (χ4n) is 5.91. The van der Waals surface area contributed by atoms with Crippen LogP contribution in [0.2, 0.25) is 10.0 Å². The van der Waals surface area contributed by atoms with Gasteiger partial charge in [-0.25, -0.2) is 8.78 Å². The van der Waals surface area contributed by atoms with E-state index < -0.39 is 23.2 Å². The van der Waals surface area contributed by atoms with Gasteiger partial charge < -0.3 is 25.0 Å². The normalized spacial score (nSPS) is 20.1. The van der Waals surface area contributed by atoms with E-state index in [0.717, 1.165) is 53.8 Å². The maximum Gasteiger partial charge on any atom is 0.252 e. The van der Waals surface area contributed by atoms with Gasteiger partial charge in [0.15, 0.2) is 17.4 Å². The molecule has 0 spiro atoms. The van der Waals surface area contributed by atoms with Crippen molar-refractivity contribution in [3.05, 3.63) is 98.8 Å². The second kappa shape index (κ2) is 13.6. The van der Waals surface area contributed by atoms with Crippen molar-refractivity contribution in [2.45, 2.75) is 50.9 Å². The molecule has 6 rings (SSSR count). The van der Waals surface area contributed by atoms with Gasteiger partial charge in [0.1, 0.15) is 5.75 Å². The number of ether oxygens (including phenoxy) is 2. The molecule has 6 nitrogen and oxygen atoms in total. The number of benzene rings is 3. The highest BCUT2D eigenvalue weighted by atomic mass is 35.5. The molecule has 1 unspecified atom stereocenters. The lowest BCUT2D eigenvalue weighted by Crippen LogP contribution is -2.60. The number of halogens is 5. The molecular weight excluding hydrogens is 626 g/mol. The Morgan fingerprint density at radius 3 is 2.47 bits per heavy atom. The summed E-state index contributed by atoms with van der Waals surface area (Å²) in [4.78, 5) is 16.3. The molecule has 0 aromatic heterocycles. The summed E-state index contributed by atoms with van der Waals surface area (Å²) >= 11 is 12.8. The molecule has 3 aromatic carbocycles. The molecule has 2 aliphatic heterocycles. The van der Waals surface area contributed by atoms with Gasteiger partial charge in [0.2, 0.25) is 5.82 Å². The van der Waals surface area contributed by atoms with Gasteiger partial charge in [-0.1, -0.05) is 54.4 Å². The van der Waals surface area contributed by atoms with E-state index in [2.05, 4.69) is 10.6 Å². The Hall–Kier alpha value is -3.24.